The van der Waals surface area contributed by atoms with Gasteiger partial charge in [0.25, 0.3) is 5.56 Å². The van der Waals surface area contributed by atoms with Gasteiger partial charge in [0, 0.05) is 22.9 Å². The average molecular weight is 574 g/mol. The maximum atomic E-state index is 13.5. The Morgan fingerprint density at radius 1 is 1.00 bits per heavy atom. The molecule has 8 heteroatoms. The molecule has 0 N–H and O–H groups in total. The number of rotatable bonds is 7. The van der Waals surface area contributed by atoms with Crippen molar-refractivity contribution >= 4 is 22.4 Å². The highest BCUT2D eigenvalue weighted by atomic mass is 32.1. The first kappa shape index (κ1) is 27.4. The molecule has 0 aliphatic rings. The summed E-state index contributed by atoms with van der Waals surface area (Å²) in [6.07, 6.45) is 5.55. The van der Waals surface area contributed by atoms with Gasteiger partial charge < -0.3 is 4.74 Å². The Bertz CT molecular complexity index is 2010. The van der Waals surface area contributed by atoms with Gasteiger partial charge in [0.15, 0.2) is 5.82 Å². The van der Waals surface area contributed by atoms with E-state index < -0.39 is 0 Å². The lowest BCUT2D eigenvalue weighted by atomic mass is 9.87. The fourth-order valence-corrected chi connectivity index (χ4v) is 5.68. The van der Waals surface area contributed by atoms with E-state index >= 15 is 0 Å². The van der Waals surface area contributed by atoms with Crippen LogP contribution in [0.4, 0.5) is 0 Å². The van der Waals surface area contributed by atoms with E-state index in [0.29, 0.717) is 21.9 Å². The van der Waals surface area contributed by atoms with Crippen LogP contribution in [0.15, 0.2) is 96.4 Å². The molecule has 7 nitrogen and oxygen atoms in total. The van der Waals surface area contributed by atoms with Gasteiger partial charge in [-0.25, -0.2) is 4.68 Å². The monoisotopic (exact) mass is 573 g/mol. The Hall–Kier alpha value is -4.82. The van der Waals surface area contributed by atoms with Crippen molar-refractivity contribution in [1.29, 1.82) is 0 Å². The van der Waals surface area contributed by atoms with Gasteiger partial charge in [0.05, 0.1) is 10.2 Å². The Labute approximate surface area is 248 Å². The zero-order valence-corrected chi connectivity index (χ0v) is 24.9. The Morgan fingerprint density at radius 2 is 1.76 bits per heavy atom. The lowest BCUT2D eigenvalue weighted by Gasteiger charge is -2.18. The number of fused-ring (bicyclic) bond motifs is 1. The summed E-state index contributed by atoms with van der Waals surface area (Å²) in [5.41, 5.74) is 6.44. The number of thiazole rings is 1. The molecule has 0 saturated carbocycles. The van der Waals surface area contributed by atoms with Gasteiger partial charge in [-0.15, -0.1) is 5.10 Å². The third-order valence-corrected chi connectivity index (χ3v) is 8.02. The fourth-order valence-electron chi connectivity index (χ4n) is 4.78. The predicted octanol–water partition coefficient (Wildman–Crippen LogP) is 6.39. The molecule has 42 heavy (non-hydrogen) atoms. The van der Waals surface area contributed by atoms with E-state index in [0.717, 1.165) is 39.4 Å². The largest absolute Gasteiger partial charge is 0.490 e. The molecule has 0 radical (unpaired) electrons. The van der Waals surface area contributed by atoms with Gasteiger partial charge in [-0.1, -0.05) is 87.2 Å². The van der Waals surface area contributed by atoms with Gasteiger partial charge in [0.1, 0.15) is 18.1 Å². The average Bonchev–Trinajstić information content (AvgIpc) is 3.67. The lowest BCUT2D eigenvalue weighted by Crippen LogP contribution is -2.23. The lowest BCUT2D eigenvalue weighted by molar-refractivity contribution is 0.363. The van der Waals surface area contributed by atoms with Crippen molar-refractivity contribution in [3.05, 3.63) is 123 Å². The minimum atomic E-state index is -0.205. The highest BCUT2D eigenvalue weighted by Gasteiger charge is 2.18. The van der Waals surface area contributed by atoms with Crippen molar-refractivity contribution in [2.75, 3.05) is 6.61 Å². The first-order valence-corrected chi connectivity index (χ1v) is 14.5. The Kier molecular flexibility index (Phi) is 7.08. The summed E-state index contributed by atoms with van der Waals surface area (Å²) >= 11 is 1.32. The molecule has 210 valence electrons. The number of hydrogen-bond donors (Lipinski definition) is 0. The van der Waals surface area contributed by atoms with Crippen LogP contribution < -0.4 is 14.8 Å². The van der Waals surface area contributed by atoms with Gasteiger partial charge in [-0.3, -0.25) is 4.79 Å². The smallest absolute Gasteiger partial charge is 0.291 e. The third kappa shape index (κ3) is 5.29. The number of aryl methyl sites for hydroxylation is 1. The quantitative estimate of drug-likeness (QED) is 0.207. The van der Waals surface area contributed by atoms with E-state index in [1.54, 1.807) is 6.08 Å². The SMILES string of the molecule is C=CCOc1ccc(-c2nn(-c3ccccc3)cc2/C=c2\sc3nc(-c4ccc(C(C)(C)C)cc4)nn3c2=O)c(C)c1. The zero-order valence-electron chi connectivity index (χ0n) is 24.0. The van der Waals surface area contributed by atoms with Crippen LogP contribution >= 0.6 is 11.3 Å². The van der Waals surface area contributed by atoms with E-state index in [1.165, 1.54) is 21.4 Å². The maximum absolute atomic E-state index is 13.5. The van der Waals surface area contributed by atoms with Crippen LogP contribution in [-0.2, 0) is 5.41 Å². The number of benzene rings is 3. The van der Waals surface area contributed by atoms with Crippen molar-refractivity contribution < 1.29 is 4.74 Å². The summed E-state index contributed by atoms with van der Waals surface area (Å²) in [6, 6.07) is 24.0. The minimum absolute atomic E-state index is 0.0560. The van der Waals surface area contributed by atoms with Crippen LogP contribution in [0.3, 0.4) is 0 Å². The van der Waals surface area contributed by atoms with Crippen LogP contribution in [-0.4, -0.2) is 31.0 Å². The van der Waals surface area contributed by atoms with Gasteiger partial charge >= 0.3 is 0 Å². The van der Waals surface area contributed by atoms with Crippen LogP contribution in [0, 0.1) is 6.92 Å². The van der Waals surface area contributed by atoms with Gasteiger partial charge in [-0.2, -0.15) is 14.6 Å². The number of ether oxygens (including phenoxy) is 1. The highest BCUT2D eigenvalue weighted by molar-refractivity contribution is 7.15. The van der Waals surface area contributed by atoms with E-state index in [2.05, 4.69) is 49.6 Å². The van der Waals surface area contributed by atoms with Crippen molar-refractivity contribution in [3.63, 3.8) is 0 Å². The standard InChI is InChI=1S/C34H31N5O2S/c1-6-18-41-27-16-17-28(22(2)19-27)30-24(21-38(36-30)26-10-8-7-9-11-26)20-29-32(40)39-33(42-29)35-31(37-39)23-12-14-25(15-13-23)34(3,4)5/h6-17,19-21H,1,18H2,2-5H3/b29-20-. The molecule has 3 heterocycles. The molecule has 0 fully saturated rings. The molecular formula is C34H31N5O2S. The normalized spacial score (nSPS) is 12.2. The topological polar surface area (TPSA) is 74.3 Å². The molecule has 0 aliphatic carbocycles. The summed E-state index contributed by atoms with van der Waals surface area (Å²) in [6.45, 7) is 12.7. The molecule has 0 bridgehead atoms. The summed E-state index contributed by atoms with van der Waals surface area (Å²) in [4.78, 5) is 18.7. The van der Waals surface area contributed by atoms with Crippen molar-refractivity contribution in [2.45, 2.75) is 33.1 Å². The number of nitrogens with zero attached hydrogens (tertiary/aromatic N) is 5. The Morgan fingerprint density at radius 3 is 2.43 bits per heavy atom. The van der Waals surface area contributed by atoms with Crippen molar-refractivity contribution in [2.24, 2.45) is 0 Å². The molecule has 0 amide bonds. The van der Waals surface area contributed by atoms with Crippen LogP contribution in [0.2, 0.25) is 0 Å². The second-order valence-corrected chi connectivity index (χ2v) is 12.2. The molecule has 3 aromatic carbocycles. The van der Waals surface area contributed by atoms with Crippen LogP contribution in [0.1, 0.15) is 37.5 Å². The molecular weight excluding hydrogens is 542 g/mol. The summed E-state index contributed by atoms with van der Waals surface area (Å²) in [7, 11) is 0. The molecule has 6 rings (SSSR count). The summed E-state index contributed by atoms with van der Waals surface area (Å²) in [5, 5.41) is 9.50. The van der Waals surface area contributed by atoms with Crippen molar-refractivity contribution in [1.82, 2.24) is 24.4 Å². The minimum Gasteiger partial charge on any atom is -0.490 e. The third-order valence-electron chi connectivity index (χ3n) is 7.06. The number of hydrogen-bond acceptors (Lipinski definition) is 6. The molecule has 0 unspecified atom stereocenters. The first-order chi connectivity index (χ1) is 20.2. The molecule has 0 saturated heterocycles. The molecule has 3 aromatic heterocycles. The summed E-state index contributed by atoms with van der Waals surface area (Å²) in [5.74, 6) is 1.30. The van der Waals surface area contributed by atoms with Crippen molar-refractivity contribution in [3.8, 4) is 34.1 Å². The summed E-state index contributed by atoms with van der Waals surface area (Å²) < 4.78 is 9.49. The maximum Gasteiger partial charge on any atom is 0.291 e. The second-order valence-electron chi connectivity index (χ2n) is 11.2. The van der Waals surface area contributed by atoms with Gasteiger partial charge in [-0.05, 0) is 59.9 Å². The first-order valence-electron chi connectivity index (χ1n) is 13.7. The second kappa shape index (κ2) is 10.9. The van der Waals surface area contributed by atoms with E-state index in [4.69, 9.17) is 9.84 Å². The molecule has 0 spiro atoms. The molecule has 0 aliphatic heterocycles. The van der Waals surface area contributed by atoms with E-state index in [9.17, 15) is 4.79 Å². The highest BCUT2D eigenvalue weighted by Crippen LogP contribution is 2.30. The zero-order chi connectivity index (χ0) is 29.4. The fraction of sp³-hybridized carbons (Fsp3) is 0.176. The van der Waals surface area contributed by atoms with Gasteiger partial charge in [0.2, 0.25) is 4.96 Å². The molecule has 0 atom stereocenters. The van der Waals surface area contributed by atoms with E-state index in [1.807, 2.05) is 84.5 Å². The molecule has 6 aromatic rings. The van der Waals surface area contributed by atoms with E-state index in [-0.39, 0.29) is 11.0 Å². The number of para-hydroxylation sites is 1. The number of aromatic nitrogens is 5. The van der Waals surface area contributed by atoms with Crippen LogP contribution in [0.25, 0.3) is 39.4 Å². The Balaban J connectivity index is 1.42. The predicted molar refractivity (Wildman–Crippen MR) is 169 cm³/mol. The van der Waals surface area contributed by atoms with Crippen LogP contribution in [0.5, 0.6) is 5.75 Å².